The Hall–Kier alpha value is -0.680. The van der Waals surface area contributed by atoms with Gasteiger partial charge in [0, 0.05) is 62.6 Å². The van der Waals surface area contributed by atoms with Crippen LogP contribution in [0.1, 0.15) is 51.1 Å². The van der Waals surface area contributed by atoms with Crippen molar-refractivity contribution in [2.45, 2.75) is 45.6 Å². The third-order valence-corrected chi connectivity index (χ3v) is 5.85. The number of hydrogen-bond donors (Lipinski definition) is 2. The van der Waals surface area contributed by atoms with Gasteiger partial charge in [0.25, 0.3) is 0 Å². The largest absolute Gasteiger partial charge is 0.508 e. The van der Waals surface area contributed by atoms with Crippen molar-refractivity contribution in [3.05, 3.63) is 23.8 Å². The van der Waals surface area contributed by atoms with Gasteiger partial charge < -0.3 is 15.3 Å². The lowest BCUT2D eigenvalue weighted by Gasteiger charge is -2.39. The van der Waals surface area contributed by atoms with Crippen LogP contribution in [0.5, 0.6) is 5.75 Å². The van der Waals surface area contributed by atoms with Crippen LogP contribution in [0.4, 0.5) is 5.69 Å². The molecule has 3 rings (SSSR count). The number of phenols is 1. The maximum absolute atomic E-state index is 10.8. The van der Waals surface area contributed by atoms with Gasteiger partial charge in [0.15, 0.2) is 0 Å². The topological polar surface area (TPSA) is 38.7 Å². The minimum absolute atomic E-state index is 0. The summed E-state index contributed by atoms with van der Waals surface area (Å²) in [4.78, 5) is 4.89. The summed E-state index contributed by atoms with van der Waals surface area (Å²) in [7, 11) is 0. The zero-order valence-electron chi connectivity index (χ0n) is 16.1. The molecule has 1 saturated heterocycles. The van der Waals surface area contributed by atoms with E-state index < -0.39 is 0 Å². The monoisotopic (exact) mass is 403 g/mol. The van der Waals surface area contributed by atoms with Gasteiger partial charge in [0.05, 0.1) is 0 Å². The van der Waals surface area contributed by atoms with Crippen molar-refractivity contribution < 1.29 is 5.11 Å². The highest BCUT2D eigenvalue weighted by Crippen LogP contribution is 2.43. The summed E-state index contributed by atoms with van der Waals surface area (Å²) >= 11 is 0. The zero-order chi connectivity index (χ0) is 16.9. The lowest BCUT2D eigenvalue weighted by atomic mass is 9.89. The molecule has 1 heterocycles. The fourth-order valence-electron chi connectivity index (χ4n) is 4.55. The Balaban J connectivity index is 0.00000169. The molecule has 2 fully saturated rings. The molecular weight excluding hydrogens is 369 g/mol. The number of rotatable bonds is 6. The Bertz CT molecular complexity index is 528. The molecule has 0 bridgehead atoms. The predicted octanol–water partition coefficient (Wildman–Crippen LogP) is 4.22. The Labute approximate surface area is 171 Å². The van der Waals surface area contributed by atoms with Gasteiger partial charge in [-0.15, -0.1) is 24.8 Å². The van der Waals surface area contributed by atoms with Crippen molar-refractivity contribution >= 4 is 30.5 Å². The van der Waals surface area contributed by atoms with Crippen molar-refractivity contribution in [2.24, 2.45) is 5.92 Å². The first-order valence-electron chi connectivity index (χ1n) is 9.77. The molecule has 1 atom stereocenters. The zero-order valence-corrected chi connectivity index (χ0v) is 17.7. The van der Waals surface area contributed by atoms with Crippen LogP contribution >= 0.6 is 24.8 Å². The van der Waals surface area contributed by atoms with E-state index >= 15 is 0 Å². The van der Waals surface area contributed by atoms with E-state index in [9.17, 15) is 5.11 Å². The van der Waals surface area contributed by atoms with Crippen LogP contribution < -0.4 is 10.2 Å². The lowest BCUT2D eigenvalue weighted by Crippen LogP contribution is -2.46. The number of aromatic hydroxyl groups is 1. The van der Waals surface area contributed by atoms with Crippen LogP contribution in [-0.4, -0.2) is 49.3 Å². The number of nitrogens with zero attached hydrogens (tertiary/aromatic N) is 2. The van der Waals surface area contributed by atoms with Crippen molar-refractivity contribution in [3.63, 3.8) is 0 Å². The Morgan fingerprint density at radius 1 is 1.12 bits per heavy atom. The number of phenolic OH excluding ortho intramolecular Hbond substituents is 1. The fraction of sp³-hybridized carbons (Fsp3) is 0.700. The summed E-state index contributed by atoms with van der Waals surface area (Å²) in [6, 6.07) is 6.74. The number of halogens is 2. The lowest BCUT2D eigenvalue weighted by molar-refractivity contribution is 0.123. The van der Waals surface area contributed by atoms with E-state index in [-0.39, 0.29) is 24.8 Å². The van der Waals surface area contributed by atoms with Crippen LogP contribution in [-0.2, 0) is 0 Å². The molecule has 0 spiro atoms. The molecule has 6 heteroatoms. The van der Waals surface area contributed by atoms with E-state index in [2.05, 4.69) is 41.1 Å². The average Bonchev–Trinajstić information content (AvgIpc) is 3.13. The minimum atomic E-state index is 0. The van der Waals surface area contributed by atoms with Crippen molar-refractivity contribution in [3.8, 4) is 5.75 Å². The number of piperazine rings is 1. The van der Waals surface area contributed by atoms with Gasteiger partial charge in [0.1, 0.15) is 5.75 Å². The maximum atomic E-state index is 10.8. The first-order valence-corrected chi connectivity index (χ1v) is 9.77. The van der Waals surface area contributed by atoms with Crippen molar-refractivity contribution in [1.82, 2.24) is 10.2 Å². The fourth-order valence-corrected chi connectivity index (χ4v) is 4.55. The molecule has 0 radical (unpaired) electrons. The summed E-state index contributed by atoms with van der Waals surface area (Å²) in [6.45, 7) is 10.5. The van der Waals surface area contributed by atoms with Crippen LogP contribution in [0, 0.1) is 5.92 Å². The summed E-state index contributed by atoms with van der Waals surface area (Å²) in [5.74, 6) is 1.17. The molecule has 1 saturated carbocycles. The smallest absolute Gasteiger partial charge is 0.122 e. The van der Waals surface area contributed by atoms with Gasteiger partial charge in [-0.2, -0.15) is 0 Å². The Morgan fingerprint density at radius 2 is 1.73 bits per heavy atom. The van der Waals surface area contributed by atoms with Crippen LogP contribution in [0.15, 0.2) is 18.2 Å². The normalized spacial score (nSPS) is 19.5. The van der Waals surface area contributed by atoms with Gasteiger partial charge >= 0.3 is 0 Å². The molecular formula is C20H35Cl2N3O. The highest BCUT2D eigenvalue weighted by Gasteiger charge is 2.33. The third-order valence-electron chi connectivity index (χ3n) is 5.85. The molecule has 4 nitrogen and oxygen atoms in total. The average molecular weight is 404 g/mol. The number of nitrogens with one attached hydrogen (secondary N) is 1. The number of benzene rings is 1. The van der Waals surface area contributed by atoms with E-state index in [4.69, 9.17) is 0 Å². The highest BCUT2D eigenvalue weighted by atomic mass is 35.5. The van der Waals surface area contributed by atoms with Gasteiger partial charge in [-0.1, -0.05) is 18.9 Å². The highest BCUT2D eigenvalue weighted by molar-refractivity contribution is 5.85. The molecule has 1 aliphatic heterocycles. The van der Waals surface area contributed by atoms with Crippen LogP contribution in [0.2, 0.25) is 0 Å². The van der Waals surface area contributed by atoms with Crippen molar-refractivity contribution in [1.29, 1.82) is 0 Å². The summed E-state index contributed by atoms with van der Waals surface area (Å²) in [5, 5.41) is 14.3. The predicted molar refractivity (Wildman–Crippen MR) is 115 cm³/mol. The SMILES string of the molecule is CCN(CC)c1ccc([C@H](C2CCCC2)N2CCNCC2)c(O)c1.Cl.Cl. The summed E-state index contributed by atoms with van der Waals surface area (Å²) in [6.07, 6.45) is 5.27. The molecule has 1 aromatic carbocycles. The van der Waals surface area contributed by atoms with Crippen LogP contribution in [0.25, 0.3) is 0 Å². The van der Waals surface area contributed by atoms with E-state index in [1.165, 1.54) is 25.7 Å². The van der Waals surface area contributed by atoms with Gasteiger partial charge in [-0.05, 0) is 38.7 Å². The second kappa shape index (κ2) is 11.2. The van der Waals surface area contributed by atoms with E-state index in [1.807, 2.05) is 6.07 Å². The quantitative estimate of drug-likeness (QED) is 0.745. The number of anilines is 1. The first-order chi connectivity index (χ1) is 11.7. The molecule has 26 heavy (non-hydrogen) atoms. The van der Waals surface area contributed by atoms with E-state index in [0.717, 1.165) is 50.5 Å². The minimum Gasteiger partial charge on any atom is -0.508 e. The molecule has 150 valence electrons. The molecule has 0 aromatic heterocycles. The molecule has 1 aromatic rings. The second-order valence-corrected chi connectivity index (χ2v) is 7.19. The Morgan fingerprint density at radius 3 is 2.27 bits per heavy atom. The van der Waals surface area contributed by atoms with Gasteiger partial charge in [-0.25, -0.2) is 0 Å². The molecule has 2 N–H and O–H groups in total. The molecule has 1 aliphatic carbocycles. The van der Waals surface area contributed by atoms with Crippen LogP contribution in [0.3, 0.4) is 0 Å². The van der Waals surface area contributed by atoms with Gasteiger partial charge in [-0.3, -0.25) is 4.90 Å². The van der Waals surface area contributed by atoms with E-state index in [0.29, 0.717) is 17.7 Å². The molecule has 2 aliphatic rings. The maximum Gasteiger partial charge on any atom is 0.122 e. The van der Waals surface area contributed by atoms with Gasteiger partial charge in [0.2, 0.25) is 0 Å². The summed E-state index contributed by atoms with van der Waals surface area (Å²) < 4.78 is 0. The second-order valence-electron chi connectivity index (χ2n) is 7.19. The molecule has 0 unspecified atom stereocenters. The van der Waals surface area contributed by atoms with Crippen molar-refractivity contribution in [2.75, 3.05) is 44.2 Å². The van der Waals surface area contributed by atoms with E-state index in [1.54, 1.807) is 0 Å². The summed E-state index contributed by atoms with van der Waals surface area (Å²) in [5.41, 5.74) is 2.27. The standard InChI is InChI=1S/C20H33N3O.2ClH/c1-3-22(4-2)17-9-10-18(19(24)15-17)20(16-7-5-6-8-16)23-13-11-21-12-14-23;;/h9-10,15-16,20-21,24H,3-8,11-14H2,1-2H3;2*1H/t20-;;/m0../s1. The first kappa shape index (κ1) is 23.4. The molecule has 0 amide bonds. The number of hydrogen-bond acceptors (Lipinski definition) is 4. The third kappa shape index (κ3) is 5.19. The Kier molecular flexibility index (Phi) is 10.1.